The Morgan fingerprint density at radius 2 is 1.92 bits per heavy atom. The molecule has 1 aromatic carbocycles. The Hall–Kier alpha value is -2.37. The lowest BCUT2D eigenvalue weighted by Crippen LogP contribution is -2.44. The second-order valence-electron chi connectivity index (χ2n) is 6.60. The van der Waals surface area contributed by atoms with E-state index < -0.39 is 0 Å². The predicted octanol–water partition coefficient (Wildman–Crippen LogP) is 2.90. The van der Waals surface area contributed by atoms with E-state index in [9.17, 15) is 4.79 Å². The molecule has 0 spiro atoms. The van der Waals surface area contributed by atoms with Gasteiger partial charge in [0.05, 0.1) is 6.04 Å². The number of aromatic nitrogens is 3. The smallest absolute Gasteiger partial charge is 0.315 e. The summed E-state index contributed by atoms with van der Waals surface area (Å²) in [4.78, 5) is 12.2. The van der Waals surface area contributed by atoms with Crippen molar-refractivity contribution in [2.24, 2.45) is 7.05 Å². The van der Waals surface area contributed by atoms with Crippen LogP contribution in [0, 0.1) is 0 Å². The standard InChI is InChI=1S/C18H25N5O/c1-13(17-22-19-12-23(17)2)20-18(24)21-16-10-8-15(9-11-16)14-6-4-3-5-7-14/h3-7,12-13,15-16H,8-11H2,1-2H3,(H2,20,21,24)/t13-,15?,16?/m0/s1. The average molecular weight is 327 g/mol. The molecule has 6 nitrogen and oxygen atoms in total. The number of amides is 2. The molecule has 2 aromatic rings. The van der Waals surface area contributed by atoms with Gasteiger partial charge in [-0.25, -0.2) is 4.79 Å². The van der Waals surface area contributed by atoms with E-state index in [1.807, 2.05) is 18.5 Å². The number of nitrogens with zero attached hydrogens (tertiary/aromatic N) is 3. The molecule has 1 aliphatic carbocycles. The van der Waals surface area contributed by atoms with Gasteiger partial charge < -0.3 is 15.2 Å². The van der Waals surface area contributed by atoms with Crippen molar-refractivity contribution in [1.29, 1.82) is 0 Å². The molecule has 0 aliphatic heterocycles. The number of urea groups is 1. The third-order valence-electron chi connectivity index (χ3n) is 4.81. The number of carbonyl (C=O) groups excluding carboxylic acids is 1. The quantitative estimate of drug-likeness (QED) is 0.907. The Kier molecular flexibility index (Phi) is 5.13. The highest BCUT2D eigenvalue weighted by Gasteiger charge is 2.24. The minimum absolute atomic E-state index is 0.131. The van der Waals surface area contributed by atoms with Gasteiger partial charge in [0, 0.05) is 13.1 Å². The highest BCUT2D eigenvalue weighted by Crippen LogP contribution is 2.32. The van der Waals surface area contributed by atoms with E-state index in [0.717, 1.165) is 31.5 Å². The zero-order chi connectivity index (χ0) is 16.9. The molecule has 128 valence electrons. The summed E-state index contributed by atoms with van der Waals surface area (Å²) in [6.45, 7) is 1.91. The number of nitrogens with one attached hydrogen (secondary N) is 2. The zero-order valence-corrected chi connectivity index (χ0v) is 14.3. The van der Waals surface area contributed by atoms with E-state index >= 15 is 0 Å². The molecule has 1 saturated carbocycles. The Labute approximate surface area is 142 Å². The lowest BCUT2D eigenvalue weighted by atomic mass is 9.82. The lowest BCUT2D eigenvalue weighted by Gasteiger charge is -2.29. The fourth-order valence-corrected chi connectivity index (χ4v) is 3.47. The van der Waals surface area contributed by atoms with Gasteiger partial charge >= 0.3 is 6.03 Å². The molecule has 1 aliphatic rings. The van der Waals surface area contributed by atoms with Crippen molar-refractivity contribution in [3.05, 3.63) is 48.0 Å². The number of aryl methyl sites for hydroxylation is 1. The minimum Gasteiger partial charge on any atom is -0.335 e. The molecule has 3 rings (SSSR count). The zero-order valence-electron chi connectivity index (χ0n) is 14.3. The van der Waals surface area contributed by atoms with Crippen molar-refractivity contribution in [3.63, 3.8) is 0 Å². The van der Waals surface area contributed by atoms with Crippen LogP contribution in [0.5, 0.6) is 0 Å². The average Bonchev–Trinajstić information content (AvgIpc) is 3.02. The van der Waals surface area contributed by atoms with Crippen LogP contribution < -0.4 is 10.6 Å². The molecule has 2 amide bonds. The first-order chi connectivity index (χ1) is 11.6. The van der Waals surface area contributed by atoms with E-state index in [2.05, 4.69) is 51.2 Å². The van der Waals surface area contributed by atoms with Crippen LogP contribution in [0.25, 0.3) is 0 Å². The van der Waals surface area contributed by atoms with E-state index in [1.165, 1.54) is 5.56 Å². The van der Waals surface area contributed by atoms with Crippen LogP contribution in [0.15, 0.2) is 36.7 Å². The summed E-state index contributed by atoms with van der Waals surface area (Å²) in [5, 5.41) is 13.9. The fourth-order valence-electron chi connectivity index (χ4n) is 3.47. The van der Waals surface area contributed by atoms with Crippen LogP contribution >= 0.6 is 0 Å². The van der Waals surface area contributed by atoms with Crippen LogP contribution in [0.4, 0.5) is 4.79 Å². The van der Waals surface area contributed by atoms with Gasteiger partial charge in [0.2, 0.25) is 0 Å². The van der Waals surface area contributed by atoms with Gasteiger partial charge in [0.25, 0.3) is 0 Å². The van der Waals surface area contributed by atoms with Gasteiger partial charge in [-0.15, -0.1) is 10.2 Å². The Morgan fingerprint density at radius 1 is 1.21 bits per heavy atom. The third-order valence-corrected chi connectivity index (χ3v) is 4.81. The van der Waals surface area contributed by atoms with E-state index in [0.29, 0.717) is 5.92 Å². The third kappa shape index (κ3) is 3.93. The maximum absolute atomic E-state index is 12.2. The molecule has 1 heterocycles. The van der Waals surface area contributed by atoms with Crippen molar-refractivity contribution < 1.29 is 4.79 Å². The normalized spacial score (nSPS) is 21.9. The Morgan fingerprint density at radius 3 is 2.54 bits per heavy atom. The minimum atomic E-state index is -0.168. The Balaban J connectivity index is 1.46. The number of hydrogen-bond donors (Lipinski definition) is 2. The first kappa shape index (κ1) is 16.5. The first-order valence-corrected chi connectivity index (χ1v) is 8.59. The molecule has 1 atom stereocenters. The van der Waals surface area contributed by atoms with Gasteiger partial charge in [-0.2, -0.15) is 0 Å². The van der Waals surface area contributed by atoms with Crippen molar-refractivity contribution in [3.8, 4) is 0 Å². The highest BCUT2D eigenvalue weighted by atomic mass is 16.2. The monoisotopic (exact) mass is 327 g/mol. The van der Waals surface area contributed by atoms with E-state index in [4.69, 9.17) is 0 Å². The van der Waals surface area contributed by atoms with Crippen LogP contribution in [-0.4, -0.2) is 26.8 Å². The summed E-state index contributed by atoms with van der Waals surface area (Å²) in [6.07, 6.45) is 5.91. The molecule has 0 saturated heterocycles. The molecule has 1 aromatic heterocycles. The molecule has 1 fully saturated rings. The summed E-state index contributed by atoms with van der Waals surface area (Å²) in [5.74, 6) is 1.36. The lowest BCUT2D eigenvalue weighted by molar-refractivity contribution is 0.227. The molecule has 24 heavy (non-hydrogen) atoms. The van der Waals surface area contributed by atoms with Crippen molar-refractivity contribution in [1.82, 2.24) is 25.4 Å². The second-order valence-corrected chi connectivity index (χ2v) is 6.60. The van der Waals surface area contributed by atoms with Gasteiger partial charge in [-0.1, -0.05) is 30.3 Å². The van der Waals surface area contributed by atoms with Gasteiger partial charge in [-0.3, -0.25) is 0 Å². The van der Waals surface area contributed by atoms with Gasteiger partial charge in [0.15, 0.2) is 5.82 Å². The molecule has 2 N–H and O–H groups in total. The van der Waals surface area contributed by atoms with Gasteiger partial charge in [0.1, 0.15) is 6.33 Å². The predicted molar refractivity (Wildman–Crippen MR) is 92.5 cm³/mol. The van der Waals surface area contributed by atoms with Crippen LogP contribution in [0.1, 0.15) is 56.0 Å². The van der Waals surface area contributed by atoms with E-state index in [-0.39, 0.29) is 18.1 Å². The fraction of sp³-hybridized carbons (Fsp3) is 0.500. The van der Waals surface area contributed by atoms with Crippen LogP contribution in [0.2, 0.25) is 0 Å². The molecule has 0 unspecified atom stereocenters. The number of hydrogen-bond acceptors (Lipinski definition) is 3. The number of carbonyl (C=O) groups is 1. The van der Waals surface area contributed by atoms with Crippen molar-refractivity contribution in [2.75, 3.05) is 0 Å². The molecular weight excluding hydrogens is 302 g/mol. The van der Waals surface area contributed by atoms with Crippen molar-refractivity contribution in [2.45, 2.75) is 50.6 Å². The maximum atomic E-state index is 12.2. The summed E-state index contributed by atoms with van der Waals surface area (Å²) in [6, 6.07) is 10.6. The first-order valence-electron chi connectivity index (χ1n) is 8.59. The summed E-state index contributed by atoms with van der Waals surface area (Å²) < 4.78 is 1.82. The van der Waals surface area contributed by atoms with Gasteiger partial charge in [-0.05, 0) is 44.1 Å². The Bertz CT molecular complexity index is 661. The molecule has 0 bridgehead atoms. The molecule has 6 heteroatoms. The molecule has 0 radical (unpaired) electrons. The number of rotatable bonds is 4. The maximum Gasteiger partial charge on any atom is 0.315 e. The largest absolute Gasteiger partial charge is 0.335 e. The van der Waals surface area contributed by atoms with Crippen molar-refractivity contribution >= 4 is 6.03 Å². The van der Waals surface area contributed by atoms with Crippen LogP contribution in [-0.2, 0) is 7.05 Å². The van der Waals surface area contributed by atoms with E-state index in [1.54, 1.807) is 6.33 Å². The summed E-state index contributed by atoms with van der Waals surface area (Å²) in [7, 11) is 1.87. The summed E-state index contributed by atoms with van der Waals surface area (Å²) in [5.41, 5.74) is 1.41. The number of benzene rings is 1. The van der Waals surface area contributed by atoms with Crippen LogP contribution in [0.3, 0.4) is 0 Å². The highest BCUT2D eigenvalue weighted by molar-refractivity contribution is 5.74. The second kappa shape index (κ2) is 7.47. The molecular formula is C18H25N5O. The topological polar surface area (TPSA) is 71.8 Å². The summed E-state index contributed by atoms with van der Waals surface area (Å²) >= 11 is 0. The SMILES string of the molecule is C[C@H](NC(=O)NC1CCC(c2ccccc2)CC1)c1nncn1C.